The molecule has 0 fully saturated rings. The van der Waals surface area contributed by atoms with Gasteiger partial charge in [0.05, 0.1) is 18.0 Å². The van der Waals surface area contributed by atoms with Gasteiger partial charge in [-0.3, -0.25) is 15.0 Å². The second kappa shape index (κ2) is 8.23. The highest BCUT2D eigenvalue weighted by molar-refractivity contribution is 6.19. The zero-order valence-electron chi connectivity index (χ0n) is 14.6. The lowest BCUT2D eigenvalue weighted by atomic mass is 10.0. The number of hydrogen-bond donors (Lipinski definition) is 1. The Morgan fingerprint density at radius 3 is 2.58 bits per heavy atom. The van der Waals surface area contributed by atoms with Crippen molar-refractivity contribution in [3.05, 3.63) is 53.6 Å². The molecule has 0 radical (unpaired) electrons. The fourth-order valence-electron chi connectivity index (χ4n) is 3.15. The Morgan fingerprint density at radius 1 is 1.12 bits per heavy atom. The summed E-state index contributed by atoms with van der Waals surface area (Å²) in [6.07, 6.45) is 1.39. The van der Waals surface area contributed by atoms with Gasteiger partial charge in [0, 0.05) is 18.0 Å². The molecule has 1 aliphatic rings. The summed E-state index contributed by atoms with van der Waals surface area (Å²) in [6, 6.07) is 13.5. The first-order chi connectivity index (χ1) is 12.6. The molecule has 26 heavy (non-hydrogen) atoms. The van der Waals surface area contributed by atoms with Crippen molar-refractivity contribution in [3.63, 3.8) is 0 Å². The monoisotopic (exact) mass is 372 g/mol. The molecule has 136 valence electrons. The van der Waals surface area contributed by atoms with Gasteiger partial charge in [-0.05, 0) is 49.1 Å². The van der Waals surface area contributed by atoms with Gasteiger partial charge in [-0.15, -0.1) is 11.6 Å². The van der Waals surface area contributed by atoms with E-state index in [1.54, 1.807) is 11.8 Å². The van der Waals surface area contributed by atoms with E-state index in [4.69, 9.17) is 16.3 Å². The predicted molar refractivity (Wildman–Crippen MR) is 103 cm³/mol. The van der Waals surface area contributed by atoms with E-state index >= 15 is 0 Å². The van der Waals surface area contributed by atoms with Crippen LogP contribution in [0.2, 0.25) is 0 Å². The van der Waals surface area contributed by atoms with Crippen LogP contribution in [0.5, 0.6) is 0 Å². The molecule has 0 spiro atoms. The van der Waals surface area contributed by atoms with Crippen molar-refractivity contribution in [2.75, 3.05) is 22.7 Å². The molecule has 0 unspecified atom stereocenters. The van der Waals surface area contributed by atoms with Crippen molar-refractivity contribution in [1.29, 1.82) is 0 Å². The minimum absolute atomic E-state index is 0.0658. The van der Waals surface area contributed by atoms with E-state index in [0.717, 1.165) is 35.3 Å². The Kier molecular flexibility index (Phi) is 5.78. The highest BCUT2D eigenvalue weighted by Crippen LogP contribution is 2.38. The van der Waals surface area contributed by atoms with Crippen molar-refractivity contribution in [2.45, 2.75) is 26.2 Å². The second-order valence-corrected chi connectivity index (χ2v) is 6.36. The maximum atomic E-state index is 12.8. The maximum Gasteiger partial charge on any atom is 0.411 e. The number of hydrogen-bond acceptors (Lipinski definition) is 3. The average molecular weight is 373 g/mol. The topological polar surface area (TPSA) is 58.6 Å². The number of halogens is 1. The van der Waals surface area contributed by atoms with Gasteiger partial charge in [0.1, 0.15) is 0 Å². The van der Waals surface area contributed by atoms with Crippen molar-refractivity contribution in [3.8, 4) is 0 Å². The van der Waals surface area contributed by atoms with Crippen LogP contribution in [0.15, 0.2) is 42.5 Å². The minimum atomic E-state index is -0.514. The summed E-state index contributed by atoms with van der Waals surface area (Å²) in [5.74, 6) is 0.192. The third-order valence-electron chi connectivity index (χ3n) is 4.30. The summed E-state index contributed by atoms with van der Waals surface area (Å²) < 4.78 is 4.94. The summed E-state index contributed by atoms with van der Waals surface area (Å²) in [5.41, 5.74) is 4.41. The second-order valence-electron chi connectivity index (χ2n) is 5.99. The number of nitrogens with zero attached hydrogens (tertiary/aromatic N) is 1. The molecule has 0 bridgehead atoms. The molecule has 1 heterocycles. The molecule has 5 nitrogen and oxygen atoms in total. The summed E-state index contributed by atoms with van der Waals surface area (Å²) in [7, 11) is 0. The maximum absolute atomic E-state index is 12.8. The van der Waals surface area contributed by atoms with Crippen LogP contribution in [0.1, 0.15) is 24.5 Å². The van der Waals surface area contributed by atoms with Crippen LogP contribution in [0.3, 0.4) is 0 Å². The van der Waals surface area contributed by atoms with Crippen LogP contribution in [-0.4, -0.2) is 24.5 Å². The Balaban J connectivity index is 2.05. The van der Waals surface area contributed by atoms with Gasteiger partial charge in [0.25, 0.3) is 0 Å². The first-order valence-corrected chi connectivity index (χ1v) is 9.21. The number of rotatable bonds is 4. The van der Waals surface area contributed by atoms with Gasteiger partial charge in [0.2, 0.25) is 5.91 Å². The number of alkyl halides is 1. The van der Waals surface area contributed by atoms with E-state index in [9.17, 15) is 9.59 Å². The first-order valence-electron chi connectivity index (χ1n) is 8.67. The van der Waals surface area contributed by atoms with Gasteiger partial charge in [-0.25, -0.2) is 4.79 Å². The molecule has 0 saturated heterocycles. The number of carbonyl (C=O) groups is 2. The van der Waals surface area contributed by atoms with Crippen LogP contribution >= 0.6 is 11.6 Å². The number of benzene rings is 2. The van der Waals surface area contributed by atoms with E-state index in [2.05, 4.69) is 5.32 Å². The van der Waals surface area contributed by atoms with Gasteiger partial charge in [-0.1, -0.05) is 24.3 Å². The molecule has 1 N–H and O–H groups in total. The van der Waals surface area contributed by atoms with Crippen LogP contribution in [-0.2, 0) is 22.4 Å². The number of carbonyl (C=O) groups excluding carboxylic acids is 2. The third kappa shape index (κ3) is 3.83. The van der Waals surface area contributed by atoms with Crippen molar-refractivity contribution >= 4 is 40.7 Å². The molecule has 0 aliphatic carbocycles. The molecule has 1 aliphatic heterocycles. The Hall–Kier alpha value is -2.53. The average Bonchev–Trinajstić information content (AvgIpc) is 2.78. The van der Waals surface area contributed by atoms with Gasteiger partial charge in [-0.2, -0.15) is 0 Å². The summed E-state index contributed by atoms with van der Waals surface area (Å²) in [4.78, 5) is 26.3. The quantitative estimate of drug-likeness (QED) is 0.795. The predicted octanol–water partition coefficient (Wildman–Crippen LogP) is 4.65. The third-order valence-corrected chi connectivity index (χ3v) is 4.49. The highest BCUT2D eigenvalue weighted by Gasteiger charge is 2.25. The Labute approximate surface area is 157 Å². The van der Waals surface area contributed by atoms with E-state index < -0.39 is 6.09 Å². The smallest absolute Gasteiger partial charge is 0.411 e. The number of aryl methyl sites for hydroxylation is 2. The molecule has 2 amide bonds. The lowest BCUT2D eigenvalue weighted by Gasteiger charge is -2.25. The number of amides is 2. The first kappa shape index (κ1) is 18.3. The van der Waals surface area contributed by atoms with Gasteiger partial charge in [0.15, 0.2) is 0 Å². The van der Waals surface area contributed by atoms with Crippen molar-refractivity contribution in [1.82, 2.24) is 0 Å². The largest absolute Gasteiger partial charge is 0.450 e. The molecule has 2 aromatic rings. The summed E-state index contributed by atoms with van der Waals surface area (Å²) in [5, 5.41) is 2.70. The standard InChI is InChI=1S/C20H21ClN2O3/c1-2-26-20(25)22-16-10-9-15-8-7-14-5-3-4-6-17(14)23(18(15)13-16)19(24)11-12-21/h3-6,9-10,13H,2,7-8,11-12H2,1H3,(H,22,25). The lowest BCUT2D eigenvalue weighted by molar-refractivity contribution is -0.117. The van der Waals surface area contributed by atoms with Gasteiger partial charge >= 0.3 is 6.09 Å². The van der Waals surface area contributed by atoms with E-state index in [0.29, 0.717) is 12.3 Å². The van der Waals surface area contributed by atoms with E-state index in [1.165, 1.54) is 0 Å². The number of nitrogens with one attached hydrogen (secondary N) is 1. The zero-order valence-corrected chi connectivity index (χ0v) is 15.4. The van der Waals surface area contributed by atoms with Crippen LogP contribution in [0.4, 0.5) is 21.9 Å². The summed E-state index contributed by atoms with van der Waals surface area (Å²) >= 11 is 5.82. The van der Waals surface area contributed by atoms with Crippen molar-refractivity contribution in [2.24, 2.45) is 0 Å². The molecule has 3 rings (SSSR count). The number of anilines is 3. The number of fused-ring (bicyclic) bond motifs is 2. The summed E-state index contributed by atoms with van der Waals surface area (Å²) in [6.45, 7) is 2.05. The van der Waals surface area contributed by atoms with E-state index in [1.807, 2.05) is 42.5 Å². The van der Waals surface area contributed by atoms with Crippen LogP contribution in [0.25, 0.3) is 0 Å². The normalized spacial score (nSPS) is 12.6. The molecule has 6 heteroatoms. The minimum Gasteiger partial charge on any atom is -0.450 e. The van der Waals surface area contributed by atoms with E-state index in [-0.39, 0.29) is 18.2 Å². The molecular weight excluding hydrogens is 352 g/mol. The van der Waals surface area contributed by atoms with Crippen molar-refractivity contribution < 1.29 is 14.3 Å². The molecular formula is C20H21ClN2O3. The Bertz CT molecular complexity index is 822. The molecule has 0 atom stereocenters. The molecule has 0 aromatic heterocycles. The number of ether oxygens (including phenoxy) is 1. The highest BCUT2D eigenvalue weighted by atomic mass is 35.5. The van der Waals surface area contributed by atoms with Gasteiger partial charge < -0.3 is 4.74 Å². The lowest BCUT2D eigenvalue weighted by Crippen LogP contribution is -2.27. The molecule has 0 saturated carbocycles. The van der Waals surface area contributed by atoms with Crippen LogP contribution in [0, 0.1) is 0 Å². The SMILES string of the molecule is CCOC(=O)Nc1ccc2c(c1)N(C(=O)CCCl)c1ccccc1CC2. The zero-order chi connectivity index (χ0) is 18.5. The number of para-hydroxylation sites is 1. The van der Waals surface area contributed by atoms with Crippen LogP contribution < -0.4 is 10.2 Å². The molecule has 2 aromatic carbocycles. The fourth-order valence-corrected chi connectivity index (χ4v) is 3.31. The fraction of sp³-hybridized carbons (Fsp3) is 0.300. The Morgan fingerprint density at radius 2 is 1.85 bits per heavy atom.